The smallest absolute Gasteiger partial charge is 0.191 e. The second-order valence-corrected chi connectivity index (χ2v) is 9.91. The standard InChI is InChI=1S/C18H23NOS2/c1-17(2)18(20-14-10-6-7-11-15(14)21-18)22-16(19-17)12-13-8-4-3-5-9-13/h3-5,8-9,14-15H,6-7,10-12H2,1-2H3/t14-,15-,18+/m1/s1. The SMILES string of the molecule is CC1(C)N=C(Cc2ccccc2)S[C@]12O[C@@H]1CCCC[C@H]1S2. The van der Waals surface area contributed by atoms with Crippen LogP contribution in [0.5, 0.6) is 0 Å². The van der Waals surface area contributed by atoms with Gasteiger partial charge in [0.1, 0.15) is 5.54 Å². The van der Waals surface area contributed by atoms with Crippen molar-refractivity contribution in [3.63, 3.8) is 0 Å². The van der Waals surface area contributed by atoms with Crippen molar-refractivity contribution in [2.45, 2.75) is 67.1 Å². The number of nitrogens with zero attached hydrogens (tertiary/aromatic N) is 1. The third kappa shape index (κ3) is 2.53. The van der Waals surface area contributed by atoms with Gasteiger partial charge in [-0.1, -0.05) is 54.9 Å². The average Bonchev–Trinajstić information content (AvgIpc) is 2.97. The lowest BCUT2D eigenvalue weighted by atomic mass is 9.97. The maximum absolute atomic E-state index is 6.61. The number of thioether (sulfide) groups is 2. The van der Waals surface area contributed by atoms with Gasteiger partial charge in [-0.3, -0.25) is 4.99 Å². The van der Waals surface area contributed by atoms with E-state index < -0.39 is 0 Å². The van der Waals surface area contributed by atoms with Crippen LogP contribution in [0.25, 0.3) is 0 Å². The predicted molar refractivity (Wildman–Crippen MR) is 96.7 cm³/mol. The molecule has 1 aromatic carbocycles. The highest BCUT2D eigenvalue weighted by atomic mass is 32.2. The van der Waals surface area contributed by atoms with E-state index >= 15 is 0 Å². The number of benzene rings is 1. The van der Waals surface area contributed by atoms with Crippen LogP contribution < -0.4 is 0 Å². The van der Waals surface area contributed by atoms with Crippen LogP contribution in [-0.2, 0) is 11.2 Å². The van der Waals surface area contributed by atoms with Crippen molar-refractivity contribution < 1.29 is 4.74 Å². The zero-order valence-electron chi connectivity index (χ0n) is 13.2. The molecule has 1 aromatic rings. The number of hydrogen-bond donors (Lipinski definition) is 0. The average molecular weight is 334 g/mol. The summed E-state index contributed by atoms with van der Waals surface area (Å²) in [6, 6.07) is 10.6. The fourth-order valence-electron chi connectivity index (χ4n) is 3.62. The van der Waals surface area contributed by atoms with Crippen molar-refractivity contribution in [3.8, 4) is 0 Å². The van der Waals surface area contributed by atoms with E-state index in [1.165, 1.54) is 36.3 Å². The van der Waals surface area contributed by atoms with E-state index in [9.17, 15) is 0 Å². The number of hydrogen-bond acceptors (Lipinski definition) is 4. The summed E-state index contributed by atoms with van der Waals surface area (Å²) < 4.78 is 6.41. The third-order valence-corrected chi connectivity index (χ3v) is 8.48. The maximum Gasteiger partial charge on any atom is 0.191 e. The van der Waals surface area contributed by atoms with Crippen LogP contribution >= 0.6 is 23.5 Å². The van der Waals surface area contributed by atoms with Gasteiger partial charge in [-0.2, -0.15) is 0 Å². The van der Waals surface area contributed by atoms with Crippen molar-refractivity contribution >= 4 is 28.6 Å². The Balaban J connectivity index is 1.54. The first-order chi connectivity index (χ1) is 10.6. The zero-order chi connectivity index (χ0) is 15.2. The van der Waals surface area contributed by atoms with Gasteiger partial charge in [0.2, 0.25) is 0 Å². The summed E-state index contributed by atoms with van der Waals surface area (Å²) in [5.41, 5.74) is 1.19. The summed E-state index contributed by atoms with van der Waals surface area (Å²) in [4.78, 5) is 5.04. The molecule has 0 bridgehead atoms. The first-order valence-electron chi connectivity index (χ1n) is 8.25. The second-order valence-electron chi connectivity index (χ2n) is 6.98. The summed E-state index contributed by atoms with van der Waals surface area (Å²) >= 11 is 3.93. The van der Waals surface area contributed by atoms with Crippen LogP contribution in [0.3, 0.4) is 0 Å². The molecule has 4 rings (SSSR count). The van der Waals surface area contributed by atoms with Crippen LogP contribution in [0.15, 0.2) is 35.3 Å². The Morgan fingerprint density at radius 3 is 2.73 bits per heavy atom. The first-order valence-corrected chi connectivity index (χ1v) is 9.95. The number of ether oxygens (including phenoxy) is 1. The fraction of sp³-hybridized carbons (Fsp3) is 0.611. The number of rotatable bonds is 2. The molecule has 1 saturated carbocycles. The van der Waals surface area contributed by atoms with Gasteiger partial charge in [0, 0.05) is 11.7 Å². The topological polar surface area (TPSA) is 21.6 Å². The molecule has 2 heterocycles. The van der Waals surface area contributed by atoms with Crippen molar-refractivity contribution in [2.75, 3.05) is 0 Å². The van der Waals surface area contributed by atoms with E-state index in [0.29, 0.717) is 11.4 Å². The van der Waals surface area contributed by atoms with Gasteiger partial charge in [-0.05, 0) is 32.3 Å². The molecular weight excluding hydrogens is 310 g/mol. The second kappa shape index (κ2) is 5.57. The molecule has 0 unspecified atom stereocenters. The van der Waals surface area contributed by atoms with Gasteiger partial charge in [0.15, 0.2) is 4.27 Å². The number of aliphatic imine (C=N–C) groups is 1. The first kappa shape index (κ1) is 15.1. The van der Waals surface area contributed by atoms with E-state index in [0.717, 1.165) is 6.42 Å². The molecule has 1 saturated heterocycles. The van der Waals surface area contributed by atoms with Crippen LogP contribution in [0.4, 0.5) is 0 Å². The van der Waals surface area contributed by atoms with Gasteiger partial charge in [0.25, 0.3) is 0 Å². The molecule has 2 aliphatic heterocycles. The van der Waals surface area contributed by atoms with E-state index in [1.807, 2.05) is 11.8 Å². The summed E-state index contributed by atoms with van der Waals surface area (Å²) in [5, 5.41) is 1.90. The molecule has 0 N–H and O–H groups in total. The van der Waals surface area contributed by atoms with Crippen molar-refractivity contribution in [1.29, 1.82) is 0 Å². The number of fused-ring (bicyclic) bond motifs is 1. The molecule has 4 heteroatoms. The monoisotopic (exact) mass is 333 g/mol. The van der Waals surface area contributed by atoms with Gasteiger partial charge in [0.05, 0.1) is 11.1 Å². The van der Waals surface area contributed by atoms with Crippen LogP contribution in [0.1, 0.15) is 45.1 Å². The molecule has 1 aliphatic carbocycles. The van der Waals surface area contributed by atoms with E-state index in [4.69, 9.17) is 9.73 Å². The fourth-order valence-corrected chi connectivity index (χ4v) is 7.31. The van der Waals surface area contributed by atoms with Gasteiger partial charge in [-0.25, -0.2) is 0 Å². The lowest BCUT2D eigenvalue weighted by Crippen LogP contribution is -2.40. The Morgan fingerprint density at radius 2 is 1.95 bits per heavy atom. The Kier molecular flexibility index (Phi) is 3.82. The molecule has 1 spiro atoms. The highest BCUT2D eigenvalue weighted by Crippen LogP contribution is 2.62. The Hall–Kier alpha value is -0.450. The van der Waals surface area contributed by atoms with Gasteiger partial charge in [-0.15, -0.1) is 11.8 Å². The van der Waals surface area contributed by atoms with Gasteiger partial charge >= 0.3 is 0 Å². The molecular formula is C18H23NOS2. The largest absolute Gasteiger partial charge is 0.348 e. The van der Waals surface area contributed by atoms with Crippen LogP contribution in [0, 0.1) is 0 Å². The molecule has 2 nitrogen and oxygen atoms in total. The summed E-state index contributed by atoms with van der Waals surface area (Å²) in [5.74, 6) is 0. The molecule has 3 aliphatic rings. The lowest BCUT2D eigenvalue weighted by Gasteiger charge is -2.33. The molecule has 3 atom stereocenters. The maximum atomic E-state index is 6.61. The molecule has 0 amide bonds. The van der Waals surface area contributed by atoms with Crippen molar-refractivity contribution in [1.82, 2.24) is 0 Å². The lowest BCUT2D eigenvalue weighted by molar-refractivity contribution is -0.00575. The van der Waals surface area contributed by atoms with Crippen molar-refractivity contribution in [3.05, 3.63) is 35.9 Å². The molecule has 0 radical (unpaired) electrons. The van der Waals surface area contributed by atoms with Crippen molar-refractivity contribution in [2.24, 2.45) is 4.99 Å². The normalized spacial score (nSPS) is 36.4. The third-order valence-electron chi connectivity index (χ3n) is 4.86. The Labute approximate surface area is 141 Å². The van der Waals surface area contributed by atoms with E-state index in [-0.39, 0.29) is 9.80 Å². The summed E-state index contributed by atoms with van der Waals surface area (Å²) in [7, 11) is 0. The predicted octanol–water partition coefficient (Wildman–Crippen LogP) is 4.88. The minimum atomic E-state index is -0.198. The van der Waals surface area contributed by atoms with Gasteiger partial charge < -0.3 is 4.74 Å². The summed E-state index contributed by atoms with van der Waals surface area (Å²) in [6.07, 6.45) is 6.58. The van der Waals surface area contributed by atoms with Crippen LogP contribution in [0.2, 0.25) is 0 Å². The quantitative estimate of drug-likeness (QED) is 0.770. The zero-order valence-corrected chi connectivity index (χ0v) is 14.9. The minimum absolute atomic E-state index is 0.149. The van der Waals surface area contributed by atoms with Crippen LogP contribution in [-0.4, -0.2) is 26.2 Å². The molecule has 118 valence electrons. The Bertz CT molecular complexity index is 570. The molecule has 0 aromatic heterocycles. The molecule has 22 heavy (non-hydrogen) atoms. The summed E-state index contributed by atoms with van der Waals surface area (Å²) in [6.45, 7) is 4.48. The highest BCUT2D eigenvalue weighted by Gasteiger charge is 2.60. The molecule has 2 fully saturated rings. The highest BCUT2D eigenvalue weighted by molar-refractivity contribution is 8.26. The van der Waals surface area contributed by atoms with E-state index in [2.05, 4.69) is 55.9 Å². The van der Waals surface area contributed by atoms with E-state index in [1.54, 1.807) is 0 Å². The minimum Gasteiger partial charge on any atom is -0.348 e. The Morgan fingerprint density at radius 1 is 1.18 bits per heavy atom.